The van der Waals surface area contributed by atoms with Gasteiger partial charge in [-0.3, -0.25) is 0 Å². The first-order valence-corrected chi connectivity index (χ1v) is 13.5. The van der Waals surface area contributed by atoms with E-state index in [2.05, 4.69) is 24.1 Å². The van der Waals surface area contributed by atoms with Gasteiger partial charge in [-0.2, -0.15) is 0 Å². The van der Waals surface area contributed by atoms with Gasteiger partial charge in [0.1, 0.15) is 22.2 Å². The molecule has 1 N–H and O–H groups in total. The fourth-order valence-corrected chi connectivity index (χ4v) is 6.14. The quantitative estimate of drug-likeness (QED) is 0.307. The van der Waals surface area contributed by atoms with Gasteiger partial charge in [-0.25, -0.2) is 15.0 Å². The second kappa shape index (κ2) is 8.67. The SMILES string of the molecule is CSc1nc(NCc2ccco2)c2sc3nc(N4CCOCC4)c4c(c3c2n1)CC(C)(C)OC4. The molecule has 4 aromatic rings. The molecule has 178 valence electrons. The van der Waals surface area contributed by atoms with Crippen molar-refractivity contribution in [3.8, 4) is 0 Å². The summed E-state index contributed by atoms with van der Waals surface area (Å²) in [5.41, 5.74) is 3.21. The molecule has 0 atom stereocenters. The number of hydrogen-bond acceptors (Lipinski definition) is 10. The van der Waals surface area contributed by atoms with Crippen molar-refractivity contribution in [1.82, 2.24) is 15.0 Å². The average Bonchev–Trinajstić information content (AvgIpc) is 3.49. The topological polar surface area (TPSA) is 85.5 Å². The van der Waals surface area contributed by atoms with Crippen molar-refractivity contribution in [3.63, 3.8) is 0 Å². The fourth-order valence-electron chi connectivity index (χ4n) is 4.67. The molecule has 0 saturated carbocycles. The van der Waals surface area contributed by atoms with Crippen LogP contribution in [0, 0.1) is 0 Å². The van der Waals surface area contributed by atoms with E-state index in [0.717, 1.165) is 75.7 Å². The van der Waals surface area contributed by atoms with E-state index in [1.165, 1.54) is 11.1 Å². The Kier molecular flexibility index (Phi) is 5.63. The molecule has 10 heteroatoms. The van der Waals surface area contributed by atoms with Crippen LogP contribution in [0.2, 0.25) is 0 Å². The van der Waals surface area contributed by atoms with E-state index in [4.69, 9.17) is 28.8 Å². The number of fused-ring (bicyclic) bond motifs is 5. The maximum absolute atomic E-state index is 6.26. The molecule has 0 radical (unpaired) electrons. The van der Waals surface area contributed by atoms with Crippen LogP contribution in [-0.2, 0) is 29.0 Å². The molecule has 6 rings (SSSR count). The summed E-state index contributed by atoms with van der Waals surface area (Å²) >= 11 is 3.21. The number of furan rings is 1. The molecule has 0 unspecified atom stereocenters. The maximum atomic E-state index is 6.26. The van der Waals surface area contributed by atoms with E-state index < -0.39 is 0 Å². The first-order valence-electron chi connectivity index (χ1n) is 11.5. The summed E-state index contributed by atoms with van der Waals surface area (Å²) in [5, 5.41) is 5.36. The van der Waals surface area contributed by atoms with Crippen LogP contribution in [0.3, 0.4) is 0 Å². The molecule has 6 heterocycles. The van der Waals surface area contributed by atoms with Crippen LogP contribution in [0.5, 0.6) is 0 Å². The van der Waals surface area contributed by atoms with Crippen molar-refractivity contribution in [2.24, 2.45) is 0 Å². The molecule has 34 heavy (non-hydrogen) atoms. The molecule has 2 aliphatic rings. The first kappa shape index (κ1) is 22.1. The van der Waals surface area contributed by atoms with Crippen LogP contribution in [0.25, 0.3) is 20.4 Å². The molecule has 0 aromatic carbocycles. The van der Waals surface area contributed by atoms with Crippen LogP contribution < -0.4 is 10.2 Å². The first-order chi connectivity index (χ1) is 16.5. The van der Waals surface area contributed by atoms with Gasteiger partial charge >= 0.3 is 0 Å². The zero-order valence-electron chi connectivity index (χ0n) is 19.5. The van der Waals surface area contributed by atoms with Crippen molar-refractivity contribution >= 4 is 55.2 Å². The van der Waals surface area contributed by atoms with Gasteiger partial charge in [0, 0.05) is 30.5 Å². The molecule has 0 bridgehead atoms. The number of rotatable bonds is 5. The summed E-state index contributed by atoms with van der Waals surface area (Å²) in [6.45, 7) is 8.55. The highest BCUT2D eigenvalue weighted by atomic mass is 32.2. The smallest absolute Gasteiger partial charge is 0.189 e. The number of thiophene rings is 1. The number of nitrogens with one attached hydrogen (secondary N) is 1. The van der Waals surface area contributed by atoms with Crippen LogP contribution in [0.15, 0.2) is 28.0 Å². The van der Waals surface area contributed by atoms with Gasteiger partial charge in [-0.15, -0.1) is 11.3 Å². The number of anilines is 2. The molecule has 8 nitrogen and oxygen atoms in total. The second-order valence-corrected chi connectivity index (χ2v) is 10.9. The largest absolute Gasteiger partial charge is 0.467 e. The summed E-state index contributed by atoms with van der Waals surface area (Å²) < 4.78 is 18.4. The Balaban J connectivity index is 1.56. The minimum absolute atomic E-state index is 0.243. The predicted octanol–water partition coefficient (Wildman–Crippen LogP) is 4.85. The molecule has 1 fully saturated rings. The van der Waals surface area contributed by atoms with E-state index in [9.17, 15) is 0 Å². The Morgan fingerprint density at radius 1 is 1.18 bits per heavy atom. The Morgan fingerprint density at radius 2 is 2.03 bits per heavy atom. The third kappa shape index (κ3) is 3.92. The zero-order valence-corrected chi connectivity index (χ0v) is 21.1. The maximum Gasteiger partial charge on any atom is 0.189 e. The molecule has 0 amide bonds. The fraction of sp³-hybridized carbons (Fsp3) is 0.458. The number of ether oxygens (including phenoxy) is 2. The third-order valence-corrected chi connectivity index (χ3v) is 7.98. The lowest BCUT2D eigenvalue weighted by molar-refractivity contribution is -0.0396. The van der Waals surface area contributed by atoms with Gasteiger partial charge in [-0.05, 0) is 37.8 Å². The number of hydrogen-bond donors (Lipinski definition) is 1. The summed E-state index contributed by atoms with van der Waals surface area (Å²) in [4.78, 5) is 18.3. The summed E-state index contributed by atoms with van der Waals surface area (Å²) in [6, 6.07) is 3.85. The lowest BCUT2D eigenvalue weighted by atomic mass is 9.90. The van der Waals surface area contributed by atoms with Gasteiger partial charge in [-0.1, -0.05) is 11.8 Å². The van der Waals surface area contributed by atoms with Gasteiger partial charge < -0.3 is 24.1 Å². The molecular formula is C24H27N5O3S2. The third-order valence-electron chi connectivity index (χ3n) is 6.35. The van der Waals surface area contributed by atoms with Crippen molar-refractivity contribution in [1.29, 1.82) is 0 Å². The Labute approximate surface area is 206 Å². The van der Waals surface area contributed by atoms with Crippen LogP contribution in [0.1, 0.15) is 30.7 Å². The van der Waals surface area contributed by atoms with E-state index in [1.54, 1.807) is 29.4 Å². The van der Waals surface area contributed by atoms with Crippen molar-refractivity contribution < 1.29 is 13.9 Å². The minimum atomic E-state index is -0.243. The monoisotopic (exact) mass is 497 g/mol. The van der Waals surface area contributed by atoms with E-state index in [1.807, 2.05) is 18.4 Å². The van der Waals surface area contributed by atoms with Crippen LogP contribution >= 0.6 is 23.1 Å². The summed E-state index contributed by atoms with van der Waals surface area (Å²) in [5.74, 6) is 2.71. The average molecular weight is 498 g/mol. The molecule has 1 saturated heterocycles. The molecule has 4 aromatic heterocycles. The number of pyridine rings is 1. The number of thioether (sulfide) groups is 1. The molecule has 0 aliphatic carbocycles. The van der Waals surface area contributed by atoms with Gasteiger partial charge in [0.05, 0.1) is 48.4 Å². The number of aromatic nitrogens is 3. The highest BCUT2D eigenvalue weighted by Crippen LogP contribution is 2.44. The van der Waals surface area contributed by atoms with E-state index >= 15 is 0 Å². The Morgan fingerprint density at radius 3 is 2.79 bits per heavy atom. The summed E-state index contributed by atoms with van der Waals surface area (Å²) in [6.07, 6.45) is 4.51. The Hall–Kier alpha value is -2.40. The summed E-state index contributed by atoms with van der Waals surface area (Å²) in [7, 11) is 0. The highest BCUT2D eigenvalue weighted by Gasteiger charge is 2.33. The van der Waals surface area contributed by atoms with Crippen molar-refractivity contribution in [3.05, 3.63) is 35.3 Å². The molecule has 2 aliphatic heterocycles. The standard InChI is InChI=1S/C24H27N5O3S2/c1-24(2)11-15-16(13-32-24)21(29-6-9-30-10-7-29)28-22-17(15)18-19(34-22)20(27-23(26-18)33-3)25-12-14-5-4-8-31-14/h4-5,8H,6-7,9-13H2,1-3H3,(H,25,26,27). The zero-order chi connectivity index (χ0) is 23.3. The lowest BCUT2D eigenvalue weighted by Crippen LogP contribution is -2.39. The number of morpholine rings is 1. The Bertz CT molecular complexity index is 1350. The normalized spacial score (nSPS) is 17.9. The predicted molar refractivity (Wildman–Crippen MR) is 136 cm³/mol. The highest BCUT2D eigenvalue weighted by molar-refractivity contribution is 7.98. The van der Waals surface area contributed by atoms with Crippen molar-refractivity contribution in [2.75, 3.05) is 42.8 Å². The van der Waals surface area contributed by atoms with Gasteiger partial charge in [0.25, 0.3) is 0 Å². The lowest BCUT2D eigenvalue weighted by Gasteiger charge is -2.36. The van der Waals surface area contributed by atoms with Crippen LogP contribution in [-0.4, -0.2) is 53.1 Å². The van der Waals surface area contributed by atoms with Gasteiger partial charge in [0.2, 0.25) is 0 Å². The molecule has 0 spiro atoms. The van der Waals surface area contributed by atoms with Crippen molar-refractivity contribution in [2.45, 2.75) is 44.2 Å². The van der Waals surface area contributed by atoms with E-state index in [0.29, 0.717) is 13.2 Å². The van der Waals surface area contributed by atoms with E-state index in [-0.39, 0.29) is 5.60 Å². The van der Waals surface area contributed by atoms with Crippen LogP contribution in [0.4, 0.5) is 11.6 Å². The number of nitrogens with zero attached hydrogens (tertiary/aromatic N) is 4. The minimum Gasteiger partial charge on any atom is -0.467 e. The second-order valence-electron chi connectivity index (χ2n) is 9.17. The molecular weight excluding hydrogens is 470 g/mol. The van der Waals surface area contributed by atoms with Gasteiger partial charge in [0.15, 0.2) is 5.16 Å².